The highest BCUT2D eigenvalue weighted by molar-refractivity contribution is 5.39. The van der Waals surface area contributed by atoms with E-state index in [-0.39, 0.29) is 0 Å². The van der Waals surface area contributed by atoms with Crippen LogP contribution in [0.5, 0.6) is 0 Å². The van der Waals surface area contributed by atoms with Crippen LogP contribution in [-0.2, 0) is 6.42 Å². The Morgan fingerprint density at radius 3 is 2.92 bits per heavy atom. The van der Waals surface area contributed by atoms with E-state index in [1.54, 1.807) is 6.20 Å². The van der Waals surface area contributed by atoms with Crippen LogP contribution in [-0.4, -0.2) is 19.1 Å². The van der Waals surface area contributed by atoms with Crippen molar-refractivity contribution in [3.63, 3.8) is 0 Å². The van der Waals surface area contributed by atoms with E-state index in [0.29, 0.717) is 6.42 Å². The Morgan fingerprint density at radius 1 is 1.58 bits per heavy atom. The molecule has 0 saturated heterocycles. The van der Waals surface area contributed by atoms with E-state index in [4.69, 9.17) is 5.26 Å². The van der Waals surface area contributed by atoms with Crippen LogP contribution >= 0.6 is 0 Å². The predicted molar refractivity (Wildman–Crippen MR) is 47.9 cm³/mol. The molecule has 0 N–H and O–H groups in total. The molecule has 0 unspecified atom stereocenters. The van der Waals surface area contributed by atoms with Gasteiger partial charge in [0.05, 0.1) is 12.5 Å². The molecule has 1 rings (SSSR count). The third-order valence-corrected chi connectivity index (χ3v) is 1.55. The summed E-state index contributed by atoms with van der Waals surface area (Å²) in [5.41, 5.74) is 1.01. The van der Waals surface area contributed by atoms with Gasteiger partial charge in [-0.25, -0.2) is 4.98 Å². The summed E-state index contributed by atoms with van der Waals surface area (Å²) in [6, 6.07) is 5.88. The molecule has 0 spiro atoms. The molecule has 3 nitrogen and oxygen atoms in total. The lowest BCUT2D eigenvalue weighted by Crippen LogP contribution is -2.10. The van der Waals surface area contributed by atoms with Crippen molar-refractivity contribution < 1.29 is 0 Å². The standard InChI is InChI=1S/C9H11N3/c1-12(2)9-7-8(3-5-10)4-6-11-9/h4,6-7H,3H2,1-2H3. The minimum Gasteiger partial charge on any atom is -0.363 e. The van der Waals surface area contributed by atoms with Gasteiger partial charge in [-0.15, -0.1) is 0 Å². The fourth-order valence-corrected chi connectivity index (χ4v) is 0.906. The molecule has 0 fully saturated rings. The Morgan fingerprint density at radius 2 is 2.33 bits per heavy atom. The summed E-state index contributed by atoms with van der Waals surface area (Å²) in [5, 5.41) is 8.47. The monoisotopic (exact) mass is 161 g/mol. The van der Waals surface area contributed by atoms with Crippen molar-refractivity contribution in [1.82, 2.24) is 4.98 Å². The van der Waals surface area contributed by atoms with Crippen molar-refractivity contribution in [3.05, 3.63) is 23.9 Å². The molecular formula is C9H11N3. The lowest BCUT2D eigenvalue weighted by molar-refractivity contribution is 1.06. The van der Waals surface area contributed by atoms with Gasteiger partial charge < -0.3 is 4.90 Å². The predicted octanol–water partition coefficient (Wildman–Crippen LogP) is 1.21. The van der Waals surface area contributed by atoms with Gasteiger partial charge in [0, 0.05) is 20.3 Å². The van der Waals surface area contributed by atoms with Crippen LogP contribution in [0.2, 0.25) is 0 Å². The maximum Gasteiger partial charge on any atom is 0.128 e. The Bertz CT molecular complexity index is 299. The molecule has 62 valence electrons. The first kappa shape index (κ1) is 8.54. The molecular weight excluding hydrogens is 150 g/mol. The van der Waals surface area contributed by atoms with Gasteiger partial charge in [0.25, 0.3) is 0 Å². The molecule has 0 atom stereocenters. The van der Waals surface area contributed by atoms with Gasteiger partial charge in [-0.1, -0.05) is 0 Å². The average Bonchev–Trinajstić information content (AvgIpc) is 2.05. The van der Waals surface area contributed by atoms with E-state index in [1.165, 1.54) is 0 Å². The molecule has 0 aliphatic rings. The SMILES string of the molecule is CN(C)c1cc(CC#N)ccn1. The molecule has 0 saturated carbocycles. The van der Waals surface area contributed by atoms with E-state index in [0.717, 1.165) is 11.4 Å². The van der Waals surface area contributed by atoms with Gasteiger partial charge in [-0.2, -0.15) is 5.26 Å². The summed E-state index contributed by atoms with van der Waals surface area (Å²) >= 11 is 0. The van der Waals surface area contributed by atoms with E-state index >= 15 is 0 Å². The van der Waals surface area contributed by atoms with Crippen molar-refractivity contribution >= 4 is 5.82 Å². The molecule has 0 aliphatic carbocycles. The van der Waals surface area contributed by atoms with Crippen molar-refractivity contribution in [2.75, 3.05) is 19.0 Å². The molecule has 0 bridgehead atoms. The highest BCUT2D eigenvalue weighted by atomic mass is 15.1. The maximum absolute atomic E-state index is 8.47. The van der Waals surface area contributed by atoms with Crippen molar-refractivity contribution in [1.29, 1.82) is 5.26 Å². The number of nitriles is 1. The largest absolute Gasteiger partial charge is 0.363 e. The van der Waals surface area contributed by atoms with Gasteiger partial charge in [-0.05, 0) is 17.7 Å². The molecule has 0 aromatic carbocycles. The topological polar surface area (TPSA) is 39.9 Å². The van der Waals surface area contributed by atoms with Crippen molar-refractivity contribution in [2.45, 2.75) is 6.42 Å². The van der Waals surface area contributed by atoms with Crippen LogP contribution in [0.1, 0.15) is 5.56 Å². The second-order valence-electron chi connectivity index (χ2n) is 2.75. The first-order valence-corrected chi connectivity index (χ1v) is 3.73. The van der Waals surface area contributed by atoms with Crippen molar-refractivity contribution in [2.24, 2.45) is 0 Å². The number of pyridine rings is 1. The number of aromatic nitrogens is 1. The minimum absolute atomic E-state index is 0.448. The second-order valence-corrected chi connectivity index (χ2v) is 2.75. The summed E-state index contributed by atoms with van der Waals surface area (Å²) in [6.07, 6.45) is 2.17. The third kappa shape index (κ3) is 1.96. The summed E-state index contributed by atoms with van der Waals surface area (Å²) < 4.78 is 0. The first-order chi connectivity index (χ1) is 5.74. The Kier molecular flexibility index (Phi) is 2.65. The number of rotatable bonds is 2. The van der Waals surface area contributed by atoms with Gasteiger partial charge in [0.2, 0.25) is 0 Å². The molecule has 1 aromatic rings. The highest BCUT2D eigenvalue weighted by Gasteiger charge is 1.97. The average molecular weight is 161 g/mol. The number of hydrogen-bond donors (Lipinski definition) is 0. The normalized spacial score (nSPS) is 9.08. The van der Waals surface area contributed by atoms with Crippen LogP contribution in [0.4, 0.5) is 5.82 Å². The lowest BCUT2D eigenvalue weighted by atomic mass is 10.2. The van der Waals surface area contributed by atoms with Crippen LogP contribution in [0, 0.1) is 11.3 Å². The molecule has 1 aromatic heterocycles. The molecule has 3 heteroatoms. The molecule has 1 heterocycles. The number of nitrogens with zero attached hydrogens (tertiary/aromatic N) is 3. The molecule has 0 amide bonds. The zero-order valence-electron chi connectivity index (χ0n) is 7.28. The third-order valence-electron chi connectivity index (χ3n) is 1.55. The van der Waals surface area contributed by atoms with Crippen LogP contribution in [0.25, 0.3) is 0 Å². The summed E-state index contributed by atoms with van der Waals surface area (Å²) in [4.78, 5) is 6.06. The Labute approximate surface area is 72.3 Å². The molecule has 12 heavy (non-hydrogen) atoms. The highest BCUT2D eigenvalue weighted by Crippen LogP contribution is 2.09. The number of anilines is 1. The summed E-state index contributed by atoms with van der Waals surface area (Å²) in [7, 11) is 3.86. The minimum atomic E-state index is 0.448. The van der Waals surface area contributed by atoms with Crippen LogP contribution in [0.3, 0.4) is 0 Å². The quantitative estimate of drug-likeness (QED) is 0.654. The van der Waals surface area contributed by atoms with E-state index in [9.17, 15) is 0 Å². The van der Waals surface area contributed by atoms with Gasteiger partial charge >= 0.3 is 0 Å². The maximum atomic E-state index is 8.47. The van der Waals surface area contributed by atoms with E-state index in [1.807, 2.05) is 31.1 Å². The summed E-state index contributed by atoms with van der Waals surface area (Å²) in [5.74, 6) is 0.891. The lowest BCUT2D eigenvalue weighted by Gasteiger charge is -2.10. The summed E-state index contributed by atoms with van der Waals surface area (Å²) in [6.45, 7) is 0. The fraction of sp³-hybridized carbons (Fsp3) is 0.333. The van der Waals surface area contributed by atoms with Crippen molar-refractivity contribution in [3.8, 4) is 6.07 Å². The fourth-order valence-electron chi connectivity index (χ4n) is 0.906. The van der Waals surface area contributed by atoms with Gasteiger partial charge in [-0.3, -0.25) is 0 Å². The molecule has 0 radical (unpaired) electrons. The first-order valence-electron chi connectivity index (χ1n) is 3.73. The van der Waals surface area contributed by atoms with E-state index < -0.39 is 0 Å². The van der Waals surface area contributed by atoms with Crippen LogP contribution < -0.4 is 4.90 Å². The Hall–Kier alpha value is -1.56. The van der Waals surface area contributed by atoms with E-state index in [2.05, 4.69) is 11.1 Å². The second kappa shape index (κ2) is 3.72. The number of hydrogen-bond acceptors (Lipinski definition) is 3. The van der Waals surface area contributed by atoms with Gasteiger partial charge in [0.1, 0.15) is 5.82 Å². The zero-order valence-corrected chi connectivity index (χ0v) is 7.28. The smallest absolute Gasteiger partial charge is 0.128 e. The van der Waals surface area contributed by atoms with Gasteiger partial charge in [0.15, 0.2) is 0 Å². The van der Waals surface area contributed by atoms with Crippen LogP contribution in [0.15, 0.2) is 18.3 Å². The Balaban J connectivity index is 2.90. The molecule has 0 aliphatic heterocycles. The zero-order chi connectivity index (χ0) is 8.97.